The van der Waals surface area contributed by atoms with E-state index >= 15 is 0 Å². The van der Waals surface area contributed by atoms with Crippen LogP contribution in [0.25, 0.3) is 5.76 Å². The molecule has 1 N–H and O–H groups in total. The number of methoxy groups -OCH3 is 2. The molecular formula is C29H29NO6. The summed E-state index contributed by atoms with van der Waals surface area (Å²) >= 11 is 0. The van der Waals surface area contributed by atoms with Crippen molar-refractivity contribution in [2.24, 2.45) is 0 Å². The van der Waals surface area contributed by atoms with Crippen LogP contribution in [0.2, 0.25) is 0 Å². The molecule has 1 aliphatic heterocycles. The largest absolute Gasteiger partial charge is 0.507 e. The molecule has 36 heavy (non-hydrogen) atoms. The summed E-state index contributed by atoms with van der Waals surface area (Å²) < 4.78 is 16.5. The Morgan fingerprint density at radius 1 is 0.944 bits per heavy atom. The van der Waals surface area contributed by atoms with Gasteiger partial charge in [-0.25, -0.2) is 0 Å². The van der Waals surface area contributed by atoms with Crippen LogP contribution in [-0.4, -0.2) is 37.6 Å². The van der Waals surface area contributed by atoms with Gasteiger partial charge in [-0.1, -0.05) is 30.7 Å². The number of rotatable bonds is 8. The second kappa shape index (κ2) is 10.6. The number of amides is 1. The first-order chi connectivity index (χ1) is 17.4. The molecule has 0 radical (unpaired) electrons. The Morgan fingerprint density at radius 2 is 1.69 bits per heavy atom. The fourth-order valence-corrected chi connectivity index (χ4v) is 4.30. The summed E-state index contributed by atoms with van der Waals surface area (Å²) in [5.74, 6) is -0.188. The molecule has 3 aromatic carbocycles. The van der Waals surface area contributed by atoms with Crippen LogP contribution in [0.5, 0.6) is 17.2 Å². The lowest BCUT2D eigenvalue weighted by Gasteiger charge is -2.26. The zero-order valence-corrected chi connectivity index (χ0v) is 20.8. The summed E-state index contributed by atoms with van der Waals surface area (Å²) in [7, 11) is 3.04. The van der Waals surface area contributed by atoms with Gasteiger partial charge in [0.1, 0.15) is 23.0 Å². The number of hydrogen-bond acceptors (Lipinski definition) is 6. The number of aliphatic hydroxyl groups is 1. The Labute approximate surface area is 210 Å². The molecule has 1 fully saturated rings. The van der Waals surface area contributed by atoms with Gasteiger partial charge in [-0.15, -0.1) is 0 Å². The molecule has 0 saturated carbocycles. The lowest BCUT2D eigenvalue weighted by atomic mass is 9.94. The summed E-state index contributed by atoms with van der Waals surface area (Å²) in [6, 6.07) is 18.5. The van der Waals surface area contributed by atoms with E-state index in [1.807, 2.05) is 38.1 Å². The van der Waals surface area contributed by atoms with Gasteiger partial charge in [-0.3, -0.25) is 14.5 Å². The van der Waals surface area contributed by atoms with E-state index in [1.54, 1.807) is 49.6 Å². The molecular weight excluding hydrogens is 458 g/mol. The zero-order valence-electron chi connectivity index (χ0n) is 20.8. The van der Waals surface area contributed by atoms with Crippen molar-refractivity contribution in [2.75, 3.05) is 25.7 Å². The Balaban J connectivity index is 1.94. The van der Waals surface area contributed by atoms with Crippen molar-refractivity contribution in [2.45, 2.75) is 26.3 Å². The highest BCUT2D eigenvalue weighted by Gasteiger charge is 2.47. The van der Waals surface area contributed by atoms with Crippen LogP contribution in [0.4, 0.5) is 5.69 Å². The van der Waals surface area contributed by atoms with Crippen molar-refractivity contribution in [1.82, 2.24) is 0 Å². The van der Waals surface area contributed by atoms with Gasteiger partial charge in [0.05, 0.1) is 38.0 Å². The molecule has 0 spiro atoms. The third-order valence-electron chi connectivity index (χ3n) is 6.05. The van der Waals surface area contributed by atoms with Crippen molar-refractivity contribution in [3.05, 3.63) is 89.0 Å². The first-order valence-electron chi connectivity index (χ1n) is 11.7. The third kappa shape index (κ3) is 4.64. The molecule has 7 heteroatoms. The molecule has 1 heterocycles. The van der Waals surface area contributed by atoms with Gasteiger partial charge in [0, 0.05) is 5.69 Å². The molecule has 0 bridgehead atoms. The lowest BCUT2D eigenvalue weighted by molar-refractivity contribution is -0.132. The first kappa shape index (κ1) is 24.9. The number of benzene rings is 3. The number of Topliss-reactive ketones (excluding diaryl/α,β-unsaturated/α-hetero) is 1. The normalized spacial score (nSPS) is 16.8. The smallest absolute Gasteiger partial charge is 0.300 e. The predicted octanol–water partition coefficient (Wildman–Crippen LogP) is 5.43. The van der Waals surface area contributed by atoms with Gasteiger partial charge >= 0.3 is 0 Å². The fourth-order valence-electron chi connectivity index (χ4n) is 4.30. The Morgan fingerprint density at radius 3 is 2.36 bits per heavy atom. The monoisotopic (exact) mass is 487 g/mol. The van der Waals surface area contributed by atoms with E-state index in [9.17, 15) is 14.7 Å². The molecule has 3 aromatic rings. The Bertz CT molecular complexity index is 1310. The van der Waals surface area contributed by atoms with E-state index in [4.69, 9.17) is 14.2 Å². The number of carbonyl (C=O) groups is 2. The molecule has 1 amide bonds. The van der Waals surface area contributed by atoms with Crippen molar-refractivity contribution < 1.29 is 28.9 Å². The minimum atomic E-state index is -0.881. The highest BCUT2D eigenvalue weighted by atomic mass is 16.5. The van der Waals surface area contributed by atoms with E-state index in [0.717, 1.165) is 12.0 Å². The van der Waals surface area contributed by atoms with E-state index in [2.05, 4.69) is 0 Å². The van der Waals surface area contributed by atoms with Crippen molar-refractivity contribution in [1.29, 1.82) is 0 Å². The highest BCUT2D eigenvalue weighted by molar-refractivity contribution is 6.51. The van der Waals surface area contributed by atoms with Crippen LogP contribution >= 0.6 is 0 Å². The van der Waals surface area contributed by atoms with Gasteiger partial charge in [0.15, 0.2) is 0 Å². The third-order valence-corrected chi connectivity index (χ3v) is 6.05. The molecule has 0 aliphatic carbocycles. The van der Waals surface area contributed by atoms with Crippen LogP contribution in [0.15, 0.2) is 72.3 Å². The summed E-state index contributed by atoms with van der Waals surface area (Å²) in [5.41, 5.74) is 2.32. The number of aliphatic hydroxyl groups excluding tert-OH is 1. The van der Waals surface area contributed by atoms with E-state index in [0.29, 0.717) is 40.7 Å². The number of nitrogens with zero attached hydrogens (tertiary/aromatic N) is 1. The van der Waals surface area contributed by atoms with Crippen LogP contribution < -0.4 is 19.1 Å². The van der Waals surface area contributed by atoms with E-state index < -0.39 is 17.7 Å². The molecule has 4 rings (SSSR count). The number of ether oxygens (including phenoxy) is 3. The second-order valence-electron chi connectivity index (χ2n) is 8.49. The average molecular weight is 488 g/mol. The number of hydrogen-bond donors (Lipinski definition) is 1. The van der Waals surface area contributed by atoms with Gasteiger partial charge in [-0.2, -0.15) is 0 Å². The molecule has 1 atom stereocenters. The SMILES string of the molecule is CCCOc1cccc(C2/C(=C(\O)c3cc(C)ccc3OC)C(=O)C(=O)N2c2ccc(OC)cc2)c1. The van der Waals surface area contributed by atoms with Crippen molar-refractivity contribution in [3.8, 4) is 17.2 Å². The quantitative estimate of drug-likeness (QED) is 0.259. The molecule has 7 nitrogen and oxygen atoms in total. The standard InChI is InChI=1S/C29H29NO6/c1-5-15-36-22-8-6-7-19(17-22)26-25(27(31)23-16-18(2)9-14-24(23)35-4)28(32)29(33)30(26)20-10-12-21(34-3)13-11-20/h6-14,16-17,26,31H,5,15H2,1-4H3/b27-25+. The average Bonchev–Trinajstić information content (AvgIpc) is 3.17. The topological polar surface area (TPSA) is 85.3 Å². The summed E-state index contributed by atoms with van der Waals surface area (Å²) in [6.45, 7) is 4.42. The van der Waals surface area contributed by atoms with E-state index in [-0.39, 0.29) is 11.3 Å². The lowest BCUT2D eigenvalue weighted by Crippen LogP contribution is -2.29. The first-order valence-corrected chi connectivity index (χ1v) is 11.7. The molecule has 0 aromatic heterocycles. The van der Waals surface area contributed by atoms with Crippen LogP contribution in [0, 0.1) is 6.92 Å². The summed E-state index contributed by atoms with van der Waals surface area (Å²) in [6.07, 6.45) is 0.835. The van der Waals surface area contributed by atoms with Gasteiger partial charge < -0.3 is 19.3 Å². The summed E-state index contributed by atoms with van der Waals surface area (Å²) in [5, 5.41) is 11.5. The van der Waals surface area contributed by atoms with Crippen LogP contribution in [0.3, 0.4) is 0 Å². The predicted molar refractivity (Wildman–Crippen MR) is 138 cm³/mol. The maximum absolute atomic E-state index is 13.4. The fraction of sp³-hybridized carbons (Fsp3) is 0.241. The van der Waals surface area contributed by atoms with Gasteiger partial charge in [0.25, 0.3) is 11.7 Å². The minimum Gasteiger partial charge on any atom is -0.507 e. The van der Waals surface area contributed by atoms with Crippen LogP contribution in [0.1, 0.15) is 36.1 Å². The van der Waals surface area contributed by atoms with Crippen molar-refractivity contribution in [3.63, 3.8) is 0 Å². The van der Waals surface area contributed by atoms with Gasteiger partial charge in [-0.05, 0) is 67.4 Å². The summed E-state index contributed by atoms with van der Waals surface area (Å²) in [4.78, 5) is 28.2. The minimum absolute atomic E-state index is 0.0210. The van der Waals surface area contributed by atoms with E-state index in [1.165, 1.54) is 12.0 Å². The molecule has 1 saturated heterocycles. The second-order valence-corrected chi connectivity index (χ2v) is 8.49. The Hall–Kier alpha value is -4.26. The van der Waals surface area contributed by atoms with Crippen LogP contribution in [-0.2, 0) is 9.59 Å². The highest BCUT2D eigenvalue weighted by Crippen LogP contribution is 2.44. The molecule has 1 aliphatic rings. The van der Waals surface area contributed by atoms with Gasteiger partial charge in [0.2, 0.25) is 0 Å². The maximum atomic E-state index is 13.4. The number of carbonyl (C=O) groups excluding carboxylic acids is 2. The number of ketones is 1. The maximum Gasteiger partial charge on any atom is 0.300 e. The zero-order chi connectivity index (χ0) is 25.8. The molecule has 1 unspecified atom stereocenters. The van der Waals surface area contributed by atoms with Crippen molar-refractivity contribution >= 4 is 23.1 Å². The Kier molecular flexibility index (Phi) is 7.29. The number of anilines is 1. The molecule has 186 valence electrons. The number of aryl methyl sites for hydroxylation is 1.